The van der Waals surface area contributed by atoms with Gasteiger partial charge in [-0.05, 0) is 42.8 Å². The maximum atomic E-state index is 12.6. The smallest absolute Gasteiger partial charge is 0.355 e. The zero-order valence-electron chi connectivity index (χ0n) is 17.3. The third-order valence-corrected chi connectivity index (χ3v) is 4.91. The molecule has 1 aliphatic heterocycles. The first-order chi connectivity index (χ1) is 15.0. The van der Waals surface area contributed by atoms with E-state index in [9.17, 15) is 9.59 Å². The Hall–Kier alpha value is -4.13. The molecule has 0 spiro atoms. The summed E-state index contributed by atoms with van der Waals surface area (Å²) in [6.45, 7) is 1.99. The van der Waals surface area contributed by atoms with Gasteiger partial charge in [-0.3, -0.25) is 0 Å². The number of carbonyl (C=O) groups is 2. The van der Waals surface area contributed by atoms with Crippen LogP contribution >= 0.6 is 0 Å². The van der Waals surface area contributed by atoms with Gasteiger partial charge in [-0.25, -0.2) is 14.6 Å². The van der Waals surface area contributed by atoms with E-state index < -0.39 is 11.9 Å². The van der Waals surface area contributed by atoms with Crippen LogP contribution in [-0.4, -0.2) is 31.1 Å². The topological polar surface area (TPSA) is 81.9 Å². The minimum atomic E-state index is -0.671. The fraction of sp³-hybridized carbons (Fsp3) is 0.125. The van der Waals surface area contributed by atoms with Gasteiger partial charge in [0, 0.05) is 23.5 Å². The number of benzene rings is 2. The van der Waals surface area contributed by atoms with E-state index in [0.717, 1.165) is 11.1 Å². The number of anilines is 1. The minimum absolute atomic E-state index is 0.0392. The Morgan fingerprint density at radius 1 is 1.00 bits per heavy atom. The largest absolute Gasteiger partial charge is 0.465 e. The molecule has 0 atom stereocenters. The van der Waals surface area contributed by atoms with E-state index in [2.05, 4.69) is 4.98 Å². The Bertz CT molecular complexity index is 1270. The zero-order valence-corrected chi connectivity index (χ0v) is 17.3. The Balaban J connectivity index is 1.83. The Kier molecular flexibility index (Phi) is 5.41. The summed E-state index contributed by atoms with van der Waals surface area (Å²) in [6, 6.07) is 13.2. The summed E-state index contributed by atoms with van der Waals surface area (Å²) >= 11 is 0. The molecule has 0 amide bonds. The van der Waals surface area contributed by atoms with Gasteiger partial charge in [-0.15, -0.1) is 0 Å². The van der Waals surface area contributed by atoms with E-state index in [4.69, 9.17) is 13.9 Å². The highest BCUT2D eigenvalue weighted by Gasteiger charge is 2.27. The highest BCUT2D eigenvalue weighted by Crippen LogP contribution is 2.32. The van der Waals surface area contributed by atoms with Crippen LogP contribution in [0.25, 0.3) is 22.6 Å². The summed E-state index contributed by atoms with van der Waals surface area (Å²) in [6.07, 6.45) is 6.54. The second-order valence-corrected chi connectivity index (χ2v) is 6.80. The van der Waals surface area contributed by atoms with Crippen LogP contribution in [0.3, 0.4) is 0 Å². The average molecular weight is 416 g/mol. The lowest BCUT2D eigenvalue weighted by molar-refractivity contribution is -0.139. The van der Waals surface area contributed by atoms with Crippen LogP contribution in [0.4, 0.5) is 5.69 Å². The third-order valence-electron chi connectivity index (χ3n) is 4.91. The summed E-state index contributed by atoms with van der Waals surface area (Å²) in [4.78, 5) is 31.0. The lowest BCUT2D eigenvalue weighted by atomic mass is 10.1. The molecule has 2 aromatic carbocycles. The van der Waals surface area contributed by atoms with Crippen molar-refractivity contribution in [1.82, 2.24) is 4.98 Å². The summed E-state index contributed by atoms with van der Waals surface area (Å²) in [5, 5.41) is 0. The zero-order chi connectivity index (χ0) is 22.0. The molecule has 0 radical (unpaired) electrons. The van der Waals surface area contributed by atoms with Crippen molar-refractivity contribution in [3.8, 4) is 11.5 Å². The first-order valence-electron chi connectivity index (χ1n) is 9.55. The molecule has 4 rings (SSSR count). The van der Waals surface area contributed by atoms with Crippen LogP contribution in [0.2, 0.25) is 0 Å². The summed E-state index contributed by atoms with van der Waals surface area (Å²) < 4.78 is 15.8. The Labute approximate surface area is 178 Å². The second kappa shape index (κ2) is 8.31. The molecule has 0 bridgehead atoms. The second-order valence-electron chi connectivity index (χ2n) is 6.80. The van der Waals surface area contributed by atoms with Crippen LogP contribution in [0.15, 0.2) is 82.6 Å². The molecule has 0 fully saturated rings. The molecule has 7 heteroatoms. The summed E-state index contributed by atoms with van der Waals surface area (Å²) in [7, 11) is 2.52. The number of ether oxygens (including phenoxy) is 2. The van der Waals surface area contributed by atoms with Gasteiger partial charge in [0.15, 0.2) is 5.58 Å². The first kappa shape index (κ1) is 20.2. The predicted octanol–water partition coefficient (Wildman–Crippen LogP) is 4.29. The van der Waals surface area contributed by atoms with Crippen molar-refractivity contribution in [2.75, 3.05) is 19.1 Å². The number of aryl methyl sites for hydroxylation is 1. The van der Waals surface area contributed by atoms with E-state index in [1.54, 1.807) is 41.5 Å². The summed E-state index contributed by atoms with van der Waals surface area (Å²) in [5.41, 5.74) is 3.90. The van der Waals surface area contributed by atoms with E-state index in [-0.39, 0.29) is 11.3 Å². The van der Waals surface area contributed by atoms with Crippen molar-refractivity contribution in [3.05, 3.63) is 83.7 Å². The number of aromatic nitrogens is 1. The van der Waals surface area contributed by atoms with Gasteiger partial charge in [0.1, 0.15) is 11.2 Å². The monoisotopic (exact) mass is 416 g/mol. The van der Waals surface area contributed by atoms with Crippen LogP contribution in [0.1, 0.15) is 5.56 Å². The van der Waals surface area contributed by atoms with Crippen molar-refractivity contribution in [1.29, 1.82) is 0 Å². The molecule has 2 heterocycles. The Morgan fingerprint density at radius 3 is 2.52 bits per heavy atom. The molecular weight excluding hydrogens is 396 g/mol. The normalized spacial score (nSPS) is 13.5. The quantitative estimate of drug-likeness (QED) is 0.587. The van der Waals surface area contributed by atoms with Crippen LogP contribution < -0.4 is 4.90 Å². The fourth-order valence-electron chi connectivity index (χ4n) is 3.36. The molecule has 0 aliphatic carbocycles. The van der Waals surface area contributed by atoms with E-state index in [1.807, 2.05) is 31.2 Å². The molecule has 156 valence electrons. The van der Waals surface area contributed by atoms with Crippen molar-refractivity contribution >= 4 is 28.7 Å². The molecule has 0 N–H and O–H groups in total. The molecule has 0 unspecified atom stereocenters. The van der Waals surface area contributed by atoms with Crippen molar-refractivity contribution in [2.24, 2.45) is 0 Å². The molecule has 3 aromatic rings. The molecule has 0 saturated carbocycles. The Morgan fingerprint density at radius 2 is 1.77 bits per heavy atom. The number of nitrogens with zero attached hydrogens (tertiary/aromatic N) is 2. The lowest BCUT2D eigenvalue weighted by Gasteiger charge is -2.22. The number of carbonyl (C=O) groups excluding carboxylic acids is 2. The molecule has 1 aromatic heterocycles. The number of hydrogen-bond donors (Lipinski definition) is 0. The highest BCUT2D eigenvalue weighted by atomic mass is 16.5. The van der Waals surface area contributed by atoms with Gasteiger partial charge >= 0.3 is 11.9 Å². The van der Waals surface area contributed by atoms with Crippen molar-refractivity contribution < 1.29 is 23.5 Å². The standard InChI is InChI=1S/C24H20N2O5/c1-15-8-4-5-9-17(15)22-25-19-12-11-16(14-20(19)31-22)26-13-7-6-10-18(23(27)29-2)21(26)24(28)30-3/h4-14H,1-3H3. The van der Waals surface area contributed by atoms with Gasteiger partial charge in [-0.1, -0.05) is 24.3 Å². The highest BCUT2D eigenvalue weighted by molar-refractivity contribution is 6.05. The number of esters is 2. The number of allylic oxidation sites excluding steroid dienone is 2. The van der Waals surface area contributed by atoms with Crippen LogP contribution in [0, 0.1) is 6.92 Å². The van der Waals surface area contributed by atoms with Gasteiger partial charge in [0.2, 0.25) is 5.89 Å². The van der Waals surface area contributed by atoms with Crippen LogP contribution in [-0.2, 0) is 19.1 Å². The predicted molar refractivity (Wildman–Crippen MR) is 116 cm³/mol. The third kappa shape index (κ3) is 3.73. The SMILES string of the molecule is COC(=O)C1=C(C(=O)OC)N(c2ccc3nc(-c4ccccc4C)oc3c2)C=CC=C1. The lowest BCUT2D eigenvalue weighted by Crippen LogP contribution is -2.26. The fourth-order valence-corrected chi connectivity index (χ4v) is 3.36. The minimum Gasteiger partial charge on any atom is -0.465 e. The van der Waals surface area contributed by atoms with Crippen LogP contribution in [0.5, 0.6) is 0 Å². The molecule has 1 aliphatic rings. The number of rotatable bonds is 4. The van der Waals surface area contributed by atoms with Gasteiger partial charge in [0.05, 0.1) is 19.8 Å². The van der Waals surface area contributed by atoms with Crippen molar-refractivity contribution in [3.63, 3.8) is 0 Å². The van der Waals surface area contributed by atoms with Gasteiger partial charge < -0.3 is 18.8 Å². The maximum absolute atomic E-state index is 12.6. The molecule has 7 nitrogen and oxygen atoms in total. The van der Waals surface area contributed by atoms with E-state index in [0.29, 0.717) is 22.7 Å². The average Bonchev–Trinajstić information content (AvgIpc) is 3.08. The molecule has 0 saturated heterocycles. The van der Waals surface area contributed by atoms with Gasteiger partial charge in [-0.2, -0.15) is 0 Å². The van der Waals surface area contributed by atoms with Gasteiger partial charge in [0.25, 0.3) is 0 Å². The van der Waals surface area contributed by atoms with Crippen molar-refractivity contribution in [2.45, 2.75) is 6.92 Å². The van der Waals surface area contributed by atoms with E-state index in [1.165, 1.54) is 20.3 Å². The molecular formula is C24H20N2O5. The molecule has 31 heavy (non-hydrogen) atoms. The number of oxazole rings is 1. The number of hydrogen-bond acceptors (Lipinski definition) is 7. The number of fused-ring (bicyclic) bond motifs is 1. The maximum Gasteiger partial charge on any atom is 0.355 e. The summed E-state index contributed by atoms with van der Waals surface area (Å²) in [5.74, 6) is -0.805. The van der Waals surface area contributed by atoms with E-state index >= 15 is 0 Å². The first-order valence-corrected chi connectivity index (χ1v) is 9.55. The number of methoxy groups -OCH3 is 2.